The average molecular weight is 382 g/mol. The lowest BCUT2D eigenvalue weighted by molar-refractivity contribution is 0.409. The quantitative estimate of drug-likeness (QED) is 0.798. The molecule has 4 heteroatoms. The van der Waals surface area contributed by atoms with Crippen molar-refractivity contribution in [2.45, 2.75) is 32.9 Å². The molecule has 1 aromatic carbocycles. The first-order valence-corrected chi connectivity index (χ1v) is 7.64. The Morgan fingerprint density at radius 1 is 1.15 bits per heavy atom. The lowest BCUT2D eigenvalue weighted by atomic mass is 10.1. The summed E-state index contributed by atoms with van der Waals surface area (Å²) in [5, 5.41) is 3.45. The van der Waals surface area contributed by atoms with E-state index in [1.807, 2.05) is 36.4 Å². The Kier molecular flexibility index (Phi) is 4.99. The normalized spacial score (nSPS) is 11.4. The van der Waals surface area contributed by atoms with Gasteiger partial charge in [-0.2, -0.15) is 0 Å². The van der Waals surface area contributed by atoms with Crippen LogP contribution in [0.15, 0.2) is 42.6 Å². The van der Waals surface area contributed by atoms with Crippen LogP contribution in [0.2, 0.25) is 0 Å². The lowest BCUT2D eigenvalue weighted by Gasteiger charge is -2.21. The molecule has 0 spiro atoms. The molecule has 0 fully saturated rings. The van der Waals surface area contributed by atoms with Gasteiger partial charge in [0.1, 0.15) is 5.75 Å². The molecule has 1 N–H and O–H groups in total. The Morgan fingerprint density at radius 2 is 1.85 bits per heavy atom. The maximum absolute atomic E-state index is 5.88. The molecular formula is C16H19IN2O. The molecule has 0 aliphatic rings. The molecule has 0 aliphatic heterocycles. The van der Waals surface area contributed by atoms with Gasteiger partial charge in [0.2, 0.25) is 5.88 Å². The number of nitrogens with zero attached hydrogens (tertiary/aromatic N) is 1. The Balaban J connectivity index is 2.13. The average Bonchev–Trinajstić information content (AvgIpc) is 2.39. The molecule has 0 atom stereocenters. The first-order chi connectivity index (χ1) is 9.44. The van der Waals surface area contributed by atoms with E-state index in [1.165, 1.54) is 3.57 Å². The maximum atomic E-state index is 5.88. The molecule has 0 amide bonds. The van der Waals surface area contributed by atoms with E-state index in [0.29, 0.717) is 5.88 Å². The predicted molar refractivity (Wildman–Crippen MR) is 90.1 cm³/mol. The lowest BCUT2D eigenvalue weighted by Crippen LogP contribution is -2.35. The van der Waals surface area contributed by atoms with Gasteiger partial charge in [-0.1, -0.05) is 6.07 Å². The molecule has 20 heavy (non-hydrogen) atoms. The van der Waals surface area contributed by atoms with Crippen LogP contribution in [0.1, 0.15) is 26.3 Å². The first-order valence-electron chi connectivity index (χ1n) is 6.56. The van der Waals surface area contributed by atoms with E-state index in [4.69, 9.17) is 4.74 Å². The third-order valence-corrected chi connectivity index (χ3v) is 3.41. The van der Waals surface area contributed by atoms with Crippen molar-refractivity contribution in [1.82, 2.24) is 10.3 Å². The number of nitrogens with one attached hydrogen (secondary N) is 1. The zero-order valence-corrected chi connectivity index (χ0v) is 14.1. The van der Waals surface area contributed by atoms with E-state index in [0.717, 1.165) is 17.9 Å². The molecule has 3 nitrogen and oxygen atoms in total. The smallest absolute Gasteiger partial charge is 0.223 e. The van der Waals surface area contributed by atoms with Crippen molar-refractivity contribution >= 4 is 22.6 Å². The van der Waals surface area contributed by atoms with E-state index in [-0.39, 0.29) is 5.54 Å². The van der Waals surface area contributed by atoms with E-state index >= 15 is 0 Å². The van der Waals surface area contributed by atoms with Crippen LogP contribution >= 0.6 is 22.6 Å². The van der Waals surface area contributed by atoms with Crippen LogP contribution in [0.4, 0.5) is 0 Å². The number of hydrogen-bond donors (Lipinski definition) is 1. The van der Waals surface area contributed by atoms with Crippen molar-refractivity contribution < 1.29 is 4.74 Å². The number of pyridine rings is 1. The van der Waals surface area contributed by atoms with Gasteiger partial charge in [-0.3, -0.25) is 0 Å². The van der Waals surface area contributed by atoms with Gasteiger partial charge in [-0.05, 0) is 73.7 Å². The van der Waals surface area contributed by atoms with Gasteiger partial charge < -0.3 is 10.1 Å². The van der Waals surface area contributed by atoms with E-state index in [9.17, 15) is 0 Å². The van der Waals surface area contributed by atoms with Crippen LogP contribution in [-0.4, -0.2) is 10.5 Å². The molecule has 1 heterocycles. The molecule has 0 bridgehead atoms. The van der Waals surface area contributed by atoms with Crippen LogP contribution in [0, 0.1) is 3.57 Å². The Hall–Kier alpha value is -1.14. The molecular weight excluding hydrogens is 363 g/mol. The summed E-state index contributed by atoms with van der Waals surface area (Å²) < 4.78 is 7.06. The first kappa shape index (κ1) is 15.3. The minimum atomic E-state index is 0.0654. The van der Waals surface area contributed by atoms with Gasteiger partial charge in [0.25, 0.3) is 0 Å². The molecule has 1 aromatic heterocycles. The minimum absolute atomic E-state index is 0.0654. The van der Waals surface area contributed by atoms with Crippen LogP contribution in [-0.2, 0) is 6.54 Å². The fraction of sp³-hybridized carbons (Fsp3) is 0.312. The van der Waals surface area contributed by atoms with Crippen molar-refractivity contribution in [2.24, 2.45) is 0 Å². The monoisotopic (exact) mass is 382 g/mol. The fourth-order valence-corrected chi connectivity index (χ4v) is 1.98. The molecule has 2 rings (SSSR count). The topological polar surface area (TPSA) is 34.2 Å². The minimum Gasteiger partial charge on any atom is -0.439 e. The van der Waals surface area contributed by atoms with Crippen molar-refractivity contribution in [3.8, 4) is 11.6 Å². The predicted octanol–water partition coefficient (Wildman–Crippen LogP) is 4.37. The zero-order chi connectivity index (χ0) is 14.6. The van der Waals surface area contributed by atoms with Gasteiger partial charge in [0, 0.05) is 27.4 Å². The van der Waals surface area contributed by atoms with Crippen LogP contribution in [0.5, 0.6) is 11.6 Å². The third-order valence-electron chi connectivity index (χ3n) is 2.69. The highest BCUT2D eigenvalue weighted by Gasteiger charge is 2.12. The summed E-state index contributed by atoms with van der Waals surface area (Å²) >= 11 is 2.28. The van der Waals surface area contributed by atoms with Gasteiger partial charge in [0.15, 0.2) is 0 Å². The molecule has 0 unspecified atom stereocenters. The van der Waals surface area contributed by atoms with Gasteiger partial charge >= 0.3 is 0 Å². The van der Waals surface area contributed by atoms with Crippen molar-refractivity contribution in [2.75, 3.05) is 0 Å². The molecule has 2 aromatic rings. The molecule has 0 aliphatic carbocycles. The number of ether oxygens (including phenoxy) is 1. The number of benzene rings is 1. The third kappa shape index (κ3) is 4.76. The highest BCUT2D eigenvalue weighted by molar-refractivity contribution is 14.1. The second-order valence-electron chi connectivity index (χ2n) is 5.63. The Labute approximate surface area is 133 Å². The Bertz CT molecular complexity index is 561. The summed E-state index contributed by atoms with van der Waals surface area (Å²) in [4.78, 5) is 4.33. The maximum Gasteiger partial charge on any atom is 0.223 e. The molecule has 0 saturated heterocycles. The number of rotatable bonds is 4. The van der Waals surface area contributed by atoms with Gasteiger partial charge in [0.05, 0.1) is 0 Å². The van der Waals surface area contributed by atoms with Gasteiger partial charge in [-0.25, -0.2) is 4.98 Å². The van der Waals surface area contributed by atoms with E-state index in [1.54, 1.807) is 6.20 Å². The molecule has 0 saturated carbocycles. The summed E-state index contributed by atoms with van der Waals surface area (Å²) in [5.74, 6) is 1.46. The second kappa shape index (κ2) is 6.54. The second-order valence-corrected chi connectivity index (χ2v) is 6.87. The van der Waals surface area contributed by atoms with Gasteiger partial charge in [-0.15, -0.1) is 0 Å². The van der Waals surface area contributed by atoms with Crippen LogP contribution in [0.25, 0.3) is 0 Å². The summed E-state index contributed by atoms with van der Waals surface area (Å²) in [6.07, 6.45) is 1.75. The largest absolute Gasteiger partial charge is 0.439 e. The fourth-order valence-electron chi connectivity index (χ4n) is 1.63. The van der Waals surface area contributed by atoms with Crippen molar-refractivity contribution in [3.63, 3.8) is 0 Å². The van der Waals surface area contributed by atoms with E-state index in [2.05, 4.69) is 53.7 Å². The summed E-state index contributed by atoms with van der Waals surface area (Å²) in [7, 11) is 0. The SMILES string of the molecule is CC(C)(C)NCc1cccnc1Oc1ccc(I)cc1. The van der Waals surface area contributed by atoms with Crippen molar-refractivity contribution in [1.29, 1.82) is 0 Å². The Morgan fingerprint density at radius 3 is 2.50 bits per heavy atom. The number of hydrogen-bond acceptors (Lipinski definition) is 3. The van der Waals surface area contributed by atoms with Crippen molar-refractivity contribution in [3.05, 3.63) is 51.7 Å². The highest BCUT2D eigenvalue weighted by Crippen LogP contribution is 2.23. The van der Waals surface area contributed by atoms with Crippen LogP contribution < -0.4 is 10.1 Å². The zero-order valence-electron chi connectivity index (χ0n) is 12.0. The molecule has 106 valence electrons. The highest BCUT2D eigenvalue weighted by atomic mass is 127. The summed E-state index contributed by atoms with van der Waals surface area (Å²) in [6, 6.07) is 11.9. The van der Waals surface area contributed by atoms with Crippen LogP contribution in [0.3, 0.4) is 0 Å². The number of halogens is 1. The number of aromatic nitrogens is 1. The summed E-state index contributed by atoms with van der Waals surface area (Å²) in [6.45, 7) is 7.16. The molecule has 0 radical (unpaired) electrons. The standard InChI is InChI=1S/C16H19IN2O/c1-16(2,3)19-11-12-5-4-10-18-15(12)20-14-8-6-13(17)7-9-14/h4-10,19H,11H2,1-3H3. The van der Waals surface area contributed by atoms with E-state index < -0.39 is 0 Å². The summed E-state index contributed by atoms with van der Waals surface area (Å²) in [5.41, 5.74) is 1.12.